The highest BCUT2D eigenvalue weighted by molar-refractivity contribution is 7.90. The van der Waals surface area contributed by atoms with Gasteiger partial charge >= 0.3 is 0 Å². The van der Waals surface area contributed by atoms with Crippen molar-refractivity contribution in [1.82, 2.24) is 14.3 Å². The maximum absolute atomic E-state index is 12.4. The second-order valence-electron chi connectivity index (χ2n) is 10.2. The summed E-state index contributed by atoms with van der Waals surface area (Å²) in [5, 5.41) is 0.492. The highest BCUT2D eigenvalue weighted by Crippen LogP contribution is 2.44. The second-order valence-corrected chi connectivity index (χ2v) is 12.8. The minimum Gasteiger partial charge on any atom is -0.381 e. The van der Waals surface area contributed by atoms with Crippen molar-refractivity contribution >= 4 is 27.6 Å². The normalized spacial score (nSPS) is 28.6. The first kappa shape index (κ1) is 22.8. The molecule has 0 amide bonds. The van der Waals surface area contributed by atoms with Gasteiger partial charge in [-0.25, -0.2) is 22.7 Å². The van der Waals surface area contributed by atoms with E-state index in [2.05, 4.69) is 14.9 Å². The average Bonchev–Trinajstić information content (AvgIpc) is 3.64. The van der Waals surface area contributed by atoms with Gasteiger partial charge in [-0.2, -0.15) is 0 Å². The van der Waals surface area contributed by atoms with E-state index in [4.69, 9.17) is 16.3 Å². The number of anilines is 1. The minimum absolute atomic E-state index is 0.0866. The van der Waals surface area contributed by atoms with Crippen LogP contribution in [0.25, 0.3) is 0 Å². The van der Waals surface area contributed by atoms with Gasteiger partial charge in [0.1, 0.15) is 0 Å². The number of hydrogen-bond acceptors (Lipinski definition) is 6. The monoisotopic (exact) mass is 482 g/mol. The maximum Gasteiger partial charge on any atom is 0.225 e. The highest BCUT2D eigenvalue weighted by Gasteiger charge is 2.41. The third-order valence-electron chi connectivity index (χ3n) is 8.08. The van der Waals surface area contributed by atoms with E-state index < -0.39 is 10.0 Å². The van der Waals surface area contributed by atoms with Crippen LogP contribution in [0, 0.1) is 23.7 Å². The molecule has 3 heterocycles. The summed E-state index contributed by atoms with van der Waals surface area (Å²) in [7, 11) is -3.01. The molecule has 1 aromatic heterocycles. The summed E-state index contributed by atoms with van der Waals surface area (Å²) in [4.78, 5) is 11.0. The van der Waals surface area contributed by atoms with E-state index in [9.17, 15) is 8.42 Å². The summed E-state index contributed by atoms with van der Waals surface area (Å²) < 4.78 is 32.7. The van der Waals surface area contributed by atoms with Crippen molar-refractivity contribution in [3.05, 3.63) is 17.4 Å². The largest absolute Gasteiger partial charge is 0.381 e. The fourth-order valence-electron chi connectivity index (χ4n) is 5.71. The lowest BCUT2D eigenvalue weighted by atomic mass is 9.65. The first-order chi connectivity index (χ1) is 15.5. The predicted molar refractivity (Wildman–Crippen MR) is 125 cm³/mol. The Morgan fingerprint density at radius 2 is 1.59 bits per heavy atom. The lowest BCUT2D eigenvalue weighted by molar-refractivity contribution is -0.0139. The van der Waals surface area contributed by atoms with Crippen molar-refractivity contribution < 1.29 is 13.2 Å². The van der Waals surface area contributed by atoms with Gasteiger partial charge in [0.05, 0.1) is 22.7 Å². The molecule has 7 nitrogen and oxygen atoms in total. The van der Waals surface area contributed by atoms with E-state index in [1.165, 1.54) is 25.7 Å². The average molecular weight is 483 g/mol. The third-order valence-corrected chi connectivity index (χ3v) is 10.7. The van der Waals surface area contributed by atoms with Crippen molar-refractivity contribution in [3.8, 4) is 0 Å². The predicted octanol–water partition coefficient (Wildman–Crippen LogP) is 3.59. The number of rotatable bonds is 8. The molecule has 178 valence electrons. The standard InChI is InChI=1S/C23H35ClN4O3S/c24-20-13-25-23(26-14-20)27-9-7-18(8-10-27)22-4-1-19(22)16-31-15-17-5-11-28(12-6-17)32(29,30)21-2-3-21/h13-14,17-19,21-22H,1-12,15-16H2. The Kier molecular flexibility index (Phi) is 6.93. The van der Waals surface area contributed by atoms with Crippen LogP contribution in [0.4, 0.5) is 5.95 Å². The van der Waals surface area contributed by atoms with Crippen molar-refractivity contribution in [3.63, 3.8) is 0 Å². The summed E-state index contributed by atoms with van der Waals surface area (Å²) >= 11 is 5.91. The lowest BCUT2D eigenvalue weighted by Gasteiger charge is -2.45. The smallest absolute Gasteiger partial charge is 0.225 e. The van der Waals surface area contributed by atoms with E-state index in [0.717, 1.165) is 69.8 Å². The topological polar surface area (TPSA) is 75.6 Å². The van der Waals surface area contributed by atoms with Gasteiger partial charge in [-0.1, -0.05) is 11.6 Å². The molecule has 32 heavy (non-hydrogen) atoms. The Morgan fingerprint density at radius 3 is 2.19 bits per heavy atom. The van der Waals surface area contributed by atoms with Gasteiger partial charge in [-0.3, -0.25) is 0 Å². The lowest BCUT2D eigenvalue weighted by Crippen LogP contribution is -2.43. The molecule has 2 aliphatic carbocycles. The zero-order valence-corrected chi connectivity index (χ0v) is 20.3. The zero-order valence-electron chi connectivity index (χ0n) is 18.7. The molecule has 0 bridgehead atoms. The van der Waals surface area contributed by atoms with Crippen LogP contribution < -0.4 is 4.90 Å². The van der Waals surface area contributed by atoms with Gasteiger partial charge in [0.25, 0.3) is 0 Å². The first-order valence-electron chi connectivity index (χ1n) is 12.3. The molecule has 4 fully saturated rings. The molecular formula is C23H35ClN4O3S. The fourth-order valence-corrected chi connectivity index (χ4v) is 7.68. The van der Waals surface area contributed by atoms with Crippen LogP contribution >= 0.6 is 11.6 Å². The van der Waals surface area contributed by atoms with Crippen LogP contribution in [-0.2, 0) is 14.8 Å². The van der Waals surface area contributed by atoms with E-state index >= 15 is 0 Å². The van der Waals surface area contributed by atoms with Crippen LogP contribution in [0.3, 0.4) is 0 Å². The van der Waals surface area contributed by atoms with E-state index in [-0.39, 0.29) is 5.25 Å². The molecule has 5 rings (SSSR count). The van der Waals surface area contributed by atoms with Gasteiger partial charge in [0.2, 0.25) is 16.0 Å². The van der Waals surface area contributed by atoms with Crippen molar-refractivity contribution in [2.24, 2.45) is 23.7 Å². The number of hydrogen-bond donors (Lipinski definition) is 0. The zero-order chi connectivity index (χ0) is 22.1. The number of sulfonamides is 1. The van der Waals surface area contributed by atoms with Crippen LogP contribution in [0.2, 0.25) is 5.02 Å². The first-order valence-corrected chi connectivity index (χ1v) is 14.2. The molecule has 0 aromatic carbocycles. The summed E-state index contributed by atoms with van der Waals surface area (Å²) in [6.07, 6.45) is 11.9. The van der Waals surface area contributed by atoms with Crippen LogP contribution in [0.15, 0.2) is 12.4 Å². The Bertz CT molecular complexity index is 864. The number of piperidine rings is 2. The molecule has 2 aliphatic heterocycles. The van der Waals surface area contributed by atoms with Gasteiger partial charge in [0, 0.05) is 39.4 Å². The molecule has 2 atom stereocenters. The van der Waals surface area contributed by atoms with Crippen molar-refractivity contribution in [2.75, 3.05) is 44.3 Å². The molecular weight excluding hydrogens is 448 g/mol. The molecule has 0 spiro atoms. The van der Waals surface area contributed by atoms with E-state index in [0.29, 0.717) is 29.9 Å². The Morgan fingerprint density at radius 1 is 0.906 bits per heavy atom. The second kappa shape index (κ2) is 9.72. The maximum atomic E-state index is 12.4. The van der Waals surface area contributed by atoms with Crippen LogP contribution in [-0.4, -0.2) is 67.3 Å². The van der Waals surface area contributed by atoms with E-state index in [1.807, 2.05) is 0 Å². The summed E-state index contributed by atoms with van der Waals surface area (Å²) in [5.74, 6) is 3.54. The van der Waals surface area contributed by atoms with Crippen molar-refractivity contribution in [2.45, 2.75) is 56.6 Å². The molecule has 0 N–H and O–H groups in total. The Labute approximate surface area is 196 Å². The van der Waals surface area contributed by atoms with E-state index in [1.54, 1.807) is 16.7 Å². The fraction of sp³-hybridized carbons (Fsp3) is 0.826. The number of nitrogens with zero attached hydrogens (tertiary/aromatic N) is 4. The van der Waals surface area contributed by atoms with Gasteiger partial charge in [-0.15, -0.1) is 0 Å². The SMILES string of the molecule is O=S(=O)(C1CC1)N1CCC(COCC2CCC2C2CCN(c3ncc(Cl)cn3)CC2)CC1. The minimum atomic E-state index is -3.01. The summed E-state index contributed by atoms with van der Waals surface area (Å²) in [6.45, 7) is 5.03. The molecule has 2 unspecified atom stereocenters. The number of halogens is 1. The third kappa shape index (κ3) is 5.08. The van der Waals surface area contributed by atoms with Gasteiger partial charge in [0.15, 0.2) is 0 Å². The molecule has 1 aromatic rings. The quantitative estimate of drug-likeness (QED) is 0.563. The highest BCUT2D eigenvalue weighted by atomic mass is 35.5. The molecule has 4 aliphatic rings. The number of aromatic nitrogens is 2. The van der Waals surface area contributed by atoms with Crippen LogP contribution in [0.5, 0.6) is 0 Å². The Balaban J connectivity index is 1.00. The molecule has 2 saturated carbocycles. The number of ether oxygens (including phenoxy) is 1. The molecule has 9 heteroatoms. The summed E-state index contributed by atoms with van der Waals surface area (Å²) in [6, 6.07) is 0. The van der Waals surface area contributed by atoms with Crippen molar-refractivity contribution in [1.29, 1.82) is 0 Å². The Hall–Kier alpha value is -0.960. The summed E-state index contributed by atoms with van der Waals surface area (Å²) in [5.41, 5.74) is 0. The van der Waals surface area contributed by atoms with Crippen LogP contribution in [0.1, 0.15) is 51.4 Å². The molecule has 0 radical (unpaired) electrons. The van der Waals surface area contributed by atoms with Gasteiger partial charge in [-0.05, 0) is 75.0 Å². The van der Waals surface area contributed by atoms with Gasteiger partial charge < -0.3 is 9.64 Å². The molecule has 2 saturated heterocycles.